The number of nitrogens with zero attached hydrogens (tertiary/aromatic N) is 2. The van der Waals surface area contributed by atoms with Crippen molar-refractivity contribution in [3.63, 3.8) is 0 Å². The average Bonchev–Trinajstić information content (AvgIpc) is 2.35. The molecule has 0 amide bonds. The van der Waals surface area contributed by atoms with Crippen molar-refractivity contribution in [2.75, 3.05) is 19.0 Å². The van der Waals surface area contributed by atoms with E-state index in [1.165, 1.54) is 13.1 Å². The van der Waals surface area contributed by atoms with Gasteiger partial charge in [-0.3, -0.25) is 5.84 Å². The summed E-state index contributed by atoms with van der Waals surface area (Å²) in [4.78, 5) is 0.0999. The molecule has 0 fully saturated rings. The summed E-state index contributed by atoms with van der Waals surface area (Å²) in [6.07, 6.45) is 0.147. The summed E-state index contributed by atoms with van der Waals surface area (Å²) in [7, 11) is -2.18. The third kappa shape index (κ3) is 2.94. The number of anilines is 1. The van der Waals surface area contributed by atoms with Gasteiger partial charge in [0, 0.05) is 20.0 Å². The van der Waals surface area contributed by atoms with E-state index < -0.39 is 10.0 Å². The summed E-state index contributed by atoms with van der Waals surface area (Å²) >= 11 is 0. The third-order valence-corrected chi connectivity index (χ3v) is 4.18. The second-order valence-electron chi connectivity index (χ2n) is 3.38. The van der Waals surface area contributed by atoms with Crippen LogP contribution in [-0.4, -0.2) is 26.3 Å². The van der Waals surface area contributed by atoms with Crippen LogP contribution in [0, 0.1) is 11.3 Å². The quantitative estimate of drug-likeness (QED) is 0.589. The molecular formula is C10H14N4O2S. The minimum absolute atomic E-state index is 0.0999. The zero-order valence-corrected chi connectivity index (χ0v) is 10.2. The highest BCUT2D eigenvalue weighted by Crippen LogP contribution is 2.22. The van der Waals surface area contributed by atoms with E-state index in [4.69, 9.17) is 11.1 Å². The highest BCUT2D eigenvalue weighted by atomic mass is 32.2. The van der Waals surface area contributed by atoms with Crippen LogP contribution >= 0.6 is 0 Å². The molecule has 0 aliphatic heterocycles. The summed E-state index contributed by atoms with van der Waals surface area (Å²) in [5, 5.41) is 8.45. The van der Waals surface area contributed by atoms with Crippen molar-refractivity contribution in [3.8, 4) is 6.07 Å². The van der Waals surface area contributed by atoms with Crippen LogP contribution in [0.3, 0.4) is 0 Å². The predicted octanol–water partition coefficient (Wildman–Crippen LogP) is 0.506. The van der Waals surface area contributed by atoms with Gasteiger partial charge in [-0.15, -0.1) is 0 Å². The Balaban J connectivity index is 3.09. The first-order valence-corrected chi connectivity index (χ1v) is 6.37. The molecule has 7 heteroatoms. The Bertz CT molecular complexity index is 521. The molecular weight excluding hydrogens is 240 g/mol. The molecule has 0 saturated heterocycles. The Morgan fingerprint density at radius 1 is 1.47 bits per heavy atom. The maximum atomic E-state index is 12.1. The lowest BCUT2D eigenvalue weighted by molar-refractivity contribution is 0.477. The van der Waals surface area contributed by atoms with Gasteiger partial charge in [-0.2, -0.15) is 9.57 Å². The number of nitriles is 1. The molecule has 0 saturated carbocycles. The number of hydrogen-bond acceptors (Lipinski definition) is 5. The molecule has 0 heterocycles. The summed E-state index contributed by atoms with van der Waals surface area (Å²) < 4.78 is 25.4. The van der Waals surface area contributed by atoms with Crippen LogP contribution in [0.4, 0.5) is 5.69 Å². The van der Waals surface area contributed by atoms with Crippen molar-refractivity contribution in [1.82, 2.24) is 4.31 Å². The van der Waals surface area contributed by atoms with Crippen LogP contribution in [0.5, 0.6) is 0 Å². The number of para-hydroxylation sites is 1. The molecule has 0 atom stereocenters. The van der Waals surface area contributed by atoms with Crippen molar-refractivity contribution >= 4 is 15.7 Å². The van der Waals surface area contributed by atoms with E-state index in [0.29, 0.717) is 5.69 Å². The maximum absolute atomic E-state index is 12.1. The van der Waals surface area contributed by atoms with Gasteiger partial charge in [0.15, 0.2) is 0 Å². The first-order chi connectivity index (χ1) is 8.04. The largest absolute Gasteiger partial charge is 0.323 e. The molecule has 1 aromatic carbocycles. The smallest absolute Gasteiger partial charge is 0.244 e. The predicted molar refractivity (Wildman–Crippen MR) is 64.3 cm³/mol. The molecule has 6 nitrogen and oxygen atoms in total. The zero-order valence-electron chi connectivity index (χ0n) is 9.42. The van der Waals surface area contributed by atoms with Crippen LogP contribution in [0.15, 0.2) is 29.2 Å². The number of hydrogen-bond donors (Lipinski definition) is 2. The van der Waals surface area contributed by atoms with Gasteiger partial charge >= 0.3 is 0 Å². The number of nitrogens with one attached hydrogen (secondary N) is 1. The van der Waals surface area contributed by atoms with Crippen molar-refractivity contribution < 1.29 is 8.42 Å². The molecule has 3 N–H and O–H groups in total. The summed E-state index contributed by atoms with van der Waals surface area (Å²) in [6.45, 7) is 0.151. The summed E-state index contributed by atoms with van der Waals surface area (Å²) in [5.41, 5.74) is 2.67. The van der Waals surface area contributed by atoms with E-state index in [2.05, 4.69) is 5.43 Å². The highest BCUT2D eigenvalue weighted by molar-refractivity contribution is 7.89. The topological polar surface area (TPSA) is 99.2 Å². The van der Waals surface area contributed by atoms with E-state index in [1.807, 2.05) is 6.07 Å². The Labute approximate surface area is 101 Å². The molecule has 0 unspecified atom stereocenters. The van der Waals surface area contributed by atoms with Gasteiger partial charge in [0.05, 0.1) is 11.8 Å². The first kappa shape index (κ1) is 13.4. The Morgan fingerprint density at radius 3 is 2.71 bits per heavy atom. The van der Waals surface area contributed by atoms with Gasteiger partial charge in [0.2, 0.25) is 10.0 Å². The van der Waals surface area contributed by atoms with Crippen molar-refractivity contribution in [2.24, 2.45) is 5.84 Å². The van der Waals surface area contributed by atoms with Gasteiger partial charge < -0.3 is 5.43 Å². The number of hydrazine groups is 1. The monoisotopic (exact) mass is 254 g/mol. The Kier molecular flexibility index (Phi) is 4.45. The van der Waals surface area contributed by atoms with Crippen LogP contribution in [-0.2, 0) is 10.0 Å². The number of nitrogen functional groups attached to an aromatic ring is 1. The lowest BCUT2D eigenvalue weighted by atomic mass is 10.3. The van der Waals surface area contributed by atoms with Crippen molar-refractivity contribution in [1.29, 1.82) is 5.26 Å². The highest BCUT2D eigenvalue weighted by Gasteiger charge is 2.22. The molecule has 0 spiro atoms. The van der Waals surface area contributed by atoms with Crippen molar-refractivity contribution in [2.45, 2.75) is 11.3 Å². The molecule has 0 radical (unpaired) electrons. The Morgan fingerprint density at radius 2 is 2.12 bits per heavy atom. The fourth-order valence-electron chi connectivity index (χ4n) is 1.31. The summed E-state index contributed by atoms with van der Waals surface area (Å²) in [5.74, 6) is 5.26. The molecule has 1 rings (SSSR count). The third-order valence-electron chi connectivity index (χ3n) is 2.27. The second kappa shape index (κ2) is 5.63. The number of rotatable bonds is 5. The molecule has 92 valence electrons. The van der Waals surface area contributed by atoms with Crippen molar-refractivity contribution in [3.05, 3.63) is 24.3 Å². The molecule has 17 heavy (non-hydrogen) atoms. The number of nitrogens with two attached hydrogens (primary N) is 1. The fraction of sp³-hybridized carbons (Fsp3) is 0.300. The SMILES string of the molecule is CN(CCC#N)S(=O)(=O)c1ccccc1NN. The van der Waals surface area contributed by atoms with Gasteiger partial charge in [0.1, 0.15) is 4.90 Å². The van der Waals surface area contributed by atoms with Gasteiger partial charge in [-0.1, -0.05) is 12.1 Å². The normalized spacial score (nSPS) is 11.2. The van der Waals surface area contributed by atoms with E-state index in [9.17, 15) is 8.42 Å². The molecule has 0 bridgehead atoms. The lowest BCUT2D eigenvalue weighted by Gasteiger charge is -2.17. The summed E-state index contributed by atoms with van der Waals surface area (Å²) in [6, 6.07) is 8.25. The van der Waals surface area contributed by atoms with Gasteiger partial charge in [0.25, 0.3) is 0 Å². The van der Waals surface area contributed by atoms with Crippen LogP contribution in [0.2, 0.25) is 0 Å². The number of benzene rings is 1. The average molecular weight is 254 g/mol. The zero-order chi connectivity index (χ0) is 12.9. The van der Waals surface area contributed by atoms with Crippen LogP contribution in [0.25, 0.3) is 0 Å². The number of sulfonamides is 1. The minimum Gasteiger partial charge on any atom is -0.323 e. The van der Waals surface area contributed by atoms with E-state index in [0.717, 1.165) is 4.31 Å². The molecule has 0 aliphatic rings. The maximum Gasteiger partial charge on any atom is 0.244 e. The van der Waals surface area contributed by atoms with E-state index >= 15 is 0 Å². The fourth-order valence-corrected chi connectivity index (χ4v) is 2.63. The Hall–Kier alpha value is -1.62. The minimum atomic E-state index is -3.61. The molecule has 0 aromatic heterocycles. The second-order valence-corrected chi connectivity index (χ2v) is 5.39. The van der Waals surface area contributed by atoms with E-state index in [1.54, 1.807) is 18.2 Å². The van der Waals surface area contributed by atoms with Gasteiger partial charge in [-0.25, -0.2) is 8.42 Å². The first-order valence-electron chi connectivity index (χ1n) is 4.93. The van der Waals surface area contributed by atoms with Crippen LogP contribution in [0.1, 0.15) is 6.42 Å². The van der Waals surface area contributed by atoms with E-state index in [-0.39, 0.29) is 17.9 Å². The lowest BCUT2D eigenvalue weighted by Crippen LogP contribution is -2.28. The standard InChI is InChI=1S/C10H14N4O2S/c1-14(8-4-7-11)17(15,16)10-6-3-2-5-9(10)13-12/h2-3,5-6,13H,4,8,12H2,1H3. The molecule has 0 aliphatic carbocycles. The van der Waals surface area contributed by atoms with Crippen LogP contribution < -0.4 is 11.3 Å². The molecule has 1 aromatic rings. The van der Waals surface area contributed by atoms with Gasteiger partial charge in [-0.05, 0) is 12.1 Å².